The third kappa shape index (κ3) is 7.71. The lowest BCUT2D eigenvalue weighted by atomic mass is 9.99. The zero-order valence-electron chi connectivity index (χ0n) is 31.7. The maximum atomic E-state index is 12.4. The number of aromatic carboxylic acids is 1. The molecule has 8 heteroatoms. The highest BCUT2D eigenvalue weighted by molar-refractivity contribution is 5.97. The van der Waals surface area contributed by atoms with Crippen LogP contribution in [-0.2, 0) is 17.6 Å². The van der Waals surface area contributed by atoms with E-state index in [0.717, 1.165) is 68.3 Å². The molecule has 282 valence electrons. The van der Waals surface area contributed by atoms with Crippen LogP contribution in [0.5, 0.6) is 0 Å². The minimum absolute atomic E-state index is 0.317. The Morgan fingerprint density at radius 2 is 1.09 bits per heavy atom. The smallest absolute Gasteiger partial charge is 0.339 e. The topological polar surface area (TPSA) is 121 Å². The van der Waals surface area contributed by atoms with Crippen LogP contribution in [0.15, 0.2) is 134 Å². The SMILES string of the molecule is COC(=O)c1cc(C2CC2)cnc1Cc1ccc2[nH]cc(-c3ccccc3)c2c1.O=C(O)c1cc(C2CC2)cnc1Cc1ccc2[nH]cc(-c3ccccc3)c2c1. The van der Waals surface area contributed by atoms with Gasteiger partial charge < -0.3 is 19.8 Å². The van der Waals surface area contributed by atoms with E-state index in [1.165, 1.54) is 36.5 Å². The molecule has 3 N–H and O–H groups in total. The van der Waals surface area contributed by atoms with Crippen LogP contribution in [0, 0.1) is 0 Å². The number of aromatic nitrogens is 4. The summed E-state index contributed by atoms with van der Waals surface area (Å²) in [6, 6.07) is 37.0. The Balaban J connectivity index is 0.000000148. The van der Waals surface area contributed by atoms with E-state index in [4.69, 9.17) is 4.74 Å². The molecule has 0 saturated heterocycles. The summed E-state index contributed by atoms with van der Waals surface area (Å²) in [7, 11) is 1.42. The summed E-state index contributed by atoms with van der Waals surface area (Å²) < 4.78 is 5.02. The number of ether oxygens (including phenoxy) is 1. The highest BCUT2D eigenvalue weighted by atomic mass is 16.5. The van der Waals surface area contributed by atoms with Crippen molar-refractivity contribution in [3.05, 3.63) is 179 Å². The zero-order chi connectivity index (χ0) is 38.9. The van der Waals surface area contributed by atoms with Crippen molar-refractivity contribution in [2.45, 2.75) is 50.4 Å². The molecule has 2 aliphatic carbocycles. The number of nitrogens with zero attached hydrogens (tertiary/aromatic N) is 2. The van der Waals surface area contributed by atoms with Gasteiger partial charge in [0, 0.05) is 70.6 Å². The van der Waals surface area contributed by atoms with Gasteiger partial charge in [-0.25, -0.2) is 9.59 Å². The van der Waals surface area contributed by atoms with Gasteiger partial charge in [0.1, 0.15) is 0 Å². The van der Waals surface area contributed by atoms with Crippen LogP contribution >= 0.6 is 0 Å². The van der Waals surface area contributed by atoms with E-state index in [-0.39, 0.29) is 5.97 Å². The third-order valence-electron chi connectivity index (χ3n) is 11.1. The van der Waals surface area contributed by atoms with Gasteiger partial charge in [-0.3, -0.25) is 9.97 Å². The van der Waals surface area contributed by atoms with E-state index in [1.807, 2.05) is 79.4 Å². The molecule has 10 rings (SSSR count). The quantitative estimate of drug-likeness (QED) is 0.120. The third-order valence-corrected chi connectivity index (χ3v) is 11.1. The molecular weight excluding hydrogens is 709 g/mol. The first-order valence-corrected chi connectivity index (χ1v) is 19.5. The molecule has 0 spiro atoms. The second-order valence-electron chi connectivity index (χ2n) is 15.1. The normalized spacial score (nSPS) is 13.6. The average Bonchev–Trinajstić information content (AvgIpc) is 4.19. The standard InChI is InChI=1S/C25H22N2O2.C24H20N2O2/c1-29-25(28)21-13-19(17-8-9-17)14-26-24(21)12-16-7-10-23-20(11-16)22(15-27-23)18-5-3-2-4-6-18;27-24(28)20-12-18(16-7-8-16)13-25-23(20)11-15-6-9-22-19(10-15)21(14-26-22)17-4-2-1-3-5-17/h2-7,10-11,13-15,17,27H,8-9,12H2,1H3;1-6,9-10,12-14,16,26H,7-8,11H2,(H,27,28). The van der Waals surface area contributed by atoms with Gasteiger partial charge in [-0.1, -0.05) is 72.8 Å². The number of fused-ring (bicyclic) bond motifs is 2. The van der Waals surface area contributed by atoms with E-state index in [9.17, 15) is 14.7 Å². The van der Waals surface area contributed by atoms with Gasteiger partial charge in [-0.2, -0.15) is 0 Å². The molecule has 8 aromatic rings. The summed E-state index contributed by atoms with van der Waals surface area (Å²) in [4.78, 5) is 40.0. The number of carboxylic acids is 1. The lowest BCUT2D eigenvalue weighted by molar-refractivity contribution is 0.0598. The Morgan fingerprint density at radius 1 is 0.632 bits per heavy atom. The summed E-state index contributed by atoms with van der Waals surface area (Å²) >= 11 is 0. The van der Waals surface area contributed by atoms with Crippen molar-refractivity contribution >= 4 is 33.7 Å². The van der Waals surface area contributed by atoms with Crippen LogP contribution in [0.25, 0.3) is 44.1 Å². The molecule has 2 aliphatic rings. The van der Waals surface area contributed by atoms with E-state index in [0.29, 0.717) is 41.5 Å². The molecule has 0 atom stereocenters. The molecule has 2 saturated carbocycles. The van der Waals surface area contributed by atoms with Crippen LogP contribution in [0.3, 0.4) is 0 Å². The monoisotopic (exact) mass is 750 g/mol. The Kier molecular flexibility index (Phi) is 9.68. The number of carbonyl (C=O) groups excluding carboxylic acids is 1. The largest absolute Gasteiger partial charge is 0.478 e. The van der Waals surface area contributed by atoms with Crippen LogP contribution in [0.4, 0.5) is 0 Å². The summed E-state index contributed by atoms with van der Waals surface area (Å²) in [5.41, 5.74) is 13.5. The van der Waals surface area contributed by atoms with Crippen LogP contribution < -0.4 is 0 Å². The van der Waals surface area contributed by atoms with E-state index in [2.05, 4.69) is 74.5 Å². The molecule has 0 aliphatic heterocycles. The van der Waals surface area contributed by atoms with Gasteiger partial charge >= 0.3 is 11.9 Å². The number of H-pyrrole nitrogens is 2. The predicted octanol–water partition coefficient (Wildman–Crippen LogP) is 10.9. The van der Waals surface area contributed by atoms with Crippen LogP contribution in [-0.4, -0.2) is 44.1 Å². The molecule has 2 fully saturated rings. The number of pyridine rings is 2. The first kappa shape index (κ1) is 35.9. The predicted molar refractivity (Wildman–Crippen MR) is 224 cm³/mol. The summed E-state index contributed by atoms with van der Waals surface area (Å²) in [6.07, 6.45) is 13.5. The van der Waals surface area contributed by atoms with Crippen molar-refractivity contribution in [2.24, 2.45) is 0 Å². The Hall–Kier alpha value is -6.80. The van der Waals surface area contributed by atoms with Crippen molar-refractivity contribution in [3.8, 4) is 22.3 Å². The van der Waals surface area contributed by atoms with Crippen molar-refractivity contribution in [1.82, 2.24) is 19.9 Å². The molecule has 0 radical (unpaired) electrons. The number of benzene rings is 4. The molecule has 0 amide bonds. The van der Waals surface area contributed by atoms with Gasteiger partial charge in [0.25, 0.3) is 0 Å². The molecule has 57 heavy (non-hydrogen) atoms. The summed E-state index contributed by atoms with van der Waals surface area (Å²) in [5, 5.41) is 12.0. The number of methoxy groups -OCH3 is 1. The molecular formula is C49H42N4O4. The molecule has 8 nitrogen and oxygen atoms in total. The van der Waals surface area contributed by atoms with Gasteiger partial charge in [-0.15, -0.1) is 0 Å². The number of carbonyl (C=O) groups is 2. The van der Waals surface area contributed by atoms with Crippen molar-refractivity contribution in [1.29, 1.82) is 0 Å². The van der Waals surface area contributed by atoms with Gasteiger partial charge in [0.15, 0.2) is 0 Å². The van der Waals surface area contributed by atoms with Gasteiger partial charge in [0.05, 0.1) is 29.6 Å². The fourth-order valence-corrected chi connectivity index (χ4v) is 7.71. The van der Waals surface area contributed by atoms with E-state index < -0.39 is 5.97 Å². The van der Waals surface area contributed by atoms with Gasteiger partial charge in [-0.05, 0) is 107 Å². The average molecular weight is 751 g/mol. The minimum atomic E-state index is -0.905. The minimum Gasteiger partial charge on any atom is -0.478 e. The van der Waals surface area contributed by atoms with Gasteiger partial charge in [0.2, 0.25) is 0 Å². The molecule has 0 bridgehead atoms. The number of hydrogen-bond donors (Lipinski definition) is 3. The number of aromatic amines is 2. The molecule has 0 unspecified atom stereocenters. The zero-order valence-corrected chi connectivity index (χ0v) is 31.7. The molecule has 4 aromatic carbocycles. The van der Waals surface area contributed by atoms with Crippen molar-refractivity contribution < 1.29 is 19.4 Å². The maximum Gasteiger partial charge on any atom is 0.339 e. The Labute approximate surface area is 330 Å². The number of rotatable bonds is 10. The second-order valence-corrected chi connectivity index (χ2v) is 15.1. The fraction of sp³-hybridized carbons (Fsp3) is 0.184. The highest BCUT2D eigenvalue weighted by Crippen LogP contribution is 2.41. The van der Waals surface area contributed by atoms with Crippen LogP contribution in [0.2, 0.25) is 0 Å². The number of carboxylic acid groups (broad SMARTS) is 1. The van der Waals surface area contributed by atoms with Crippen LogP contribution in [0.1, 0.15) is 91.9 Å². The fourth-order valence-electron chi connectivity index (χ4n) is 7.71. The Bertz CT molecular complexity index is 2740. The summed E-state index contributed by atoms with van der Waals surface area (Å²) in [6.45, 7) is 0. The molecule has 4 heterocycles. The number of nitrogens with one attached hydrogen (secondary N) is 2. The highest BCUT2D eigenvalue weighted by Gasteiger charge is 2.27. The summed E-state index contributed by atoms with van der Waals surface area (Å²) in [5.74, 6) is -0.186. The van der Waals surface area contributed by atoms with E-state index >= 15 is 0 Å². The van der Waals surface area contributed by atoms with Crippen molar-refractivity contribution in [2.75, 3.05) is 7.11 Å². The molecule has 4 aromatic heterocycles. The second kappa shape index (κ2) is 15.4. The lowest BCUT2D eigenvalue weighted by Gasteiger charge is -2.10. The first-order chi connectivity index (χ1) is 27.9. The first-order valence-electron chi connectivity index (χ1n) is 19.5. The van der Waals surface area contributed by atoms with E-state index in [1.54, 1.807) is 0 Å². The number of hydrogen-bond acceptors (Lipinski definition) is 5. The number of esters is 1. The Morgan fingerprint density at radius 3 is 1.53 bits per heavy atom. The van der Waals surface area contributed by atoms with Crippen molar-refractivity contribution in [3.63, 3.8) is 0 Å². The maximum absolute atomic E-state index is 12.4. The lowest BCUT2D eigenvalue weighted by Crippen LogP contribution is -2.09.